The number of nitrogens with zero attached hydrogens (tertiary/aromatic N) is 2. The lowest BCUT2D eigenvalue weighted by Crippen LogP contribution is -2.05. The first-order chi connectivity index (χ1) is 12.5. The molecule has 0 N–H and O–H groups in total. The van der Waals surface area contributed by atoms with Gasteiger partial charge in [-0.15, -0.1) is 0 Å². The predicted octanol–water partition coefficient (Wildman–Crippen LogP) is 3.21. The molecule has 2 aromatic rings. The third-order valence-corrected chi connectivity index (χ3v) is 4.03. The molecule has 0 saturated heterocycles. The van der Waals surface area contributed by atoms with E-state index in [1.54, 1.807) is 36.7 Å². The number of methoxy groups -OCH3 is 3. The molecule has 0 amide bonds. The zero-order chi connectivity index (χ0) is 18.7. The molecule has 134 valence electrons. The molecular formula is C18H15BrN2O5. The Labute approximate surface area is 158 Å². The molecule has 7 nitrogen and oxygen atoms in total. The fraction of sp³-hybridized carbons (Fsp3) is 0.167. The van der Waals surface area contributed by atoms with Gasteiger partial charge in [-0.25, -0.2) is 9.79 Å². The van der Waals surface area contributed by atoms with Gasteiger partial charge in [0.25, 0.3) is 0 Å². The summed E-state index contributed by atoms with van der Waals surface area (Å²) in [6.07, 6.45) is 4.77. The minimum Gasteiger partial charge on any atom is -0.496 e. The number of hydrogen-bond acceptors (Lipinski definition) is 7. The second-order valence-electron chi connectivity index (χ2n) is 5.18. The fourth-order valence-electron chi connectivity index (χ4n) is 2.37. The summed E-state index contributed by atoms with van der Waals surface area (Å²) in [6, 6.07) is 5.14. The summed E-state index contributed by atoms with van der Waals surface area (Å²) < 4.78 is 21.9. The highest BCUT2D eigenvalue weighted by Crippen LogP contribution is 2.36. The molecule has 1 aromatic carbocycles. The average Bonchev–Trinajstić information content (AvgIpc) is 3.02. The molecule has 0 unspecified atom stereocenters. The number of aromatic nitrogens is 1. The Bertz CT molecular complexity index is 924. The summed E-state index contributed by atoms with van der Waals surface area (Å²) in [5.74, 6) is 1.17. The van der Waals surface area contributed by atoms with Crippen molar-refractivity contribution in [2.24, 2.45) is 4.99 Å². The van der Waals surface area contributed by atoms with E-state index in [0.717, 1.165) is 4.47 Å². The number of halogens is 1. The number of pyridine rings is 1. The van der Waals surface area contributed by atoms with Crippen LogP contribution >= 0.6 is 15.9 Å². The number of benzene rings is 1. The van der Waals surface area contributed by atoms with Gasteiger partial charge in [-0.1, -0.05) is 0 Å². The Morgan fingerprint density at radius 3 is 2.35 bits per heavy atom. The lowest BCUT2D eigenvalue weighted by Gasteiger charge is -2.12. The van der Waals surface area contributed by atoms with Crippen LogP contribution in [-0.4, -0.2) is 38.2 Å². The molecule has 26 heavy (non-hydrogen) atoms. The summed E-state index contributed by atoms with van der Waals surface area (Å²) in [4.78, 5) is 20.5. The van der Waals surface area contributed by atoms with Crippen LogP contribution in [0.2, 0.25) is 0 Å². The van der Waals surface area contributed by atoms with Crippen LogP contribution in [0.5, 0.6) is 17.2 Å². The van der Waals surface area contributed by atoms with Gasteiger partial charge in [0.2, 0.25) is 5.90 Å². The number of carbonyl (C=O) groups is 1. The molecule has 2 heterocycles. The number of hydrogen-bond donors (Lipinski definition) is 0. The summed E-state index contributed by atoms with van der Waals surface area (Å²) in [7, 11) is 4.59. The first-order valence-electron chi connectivity index (χ1n) is 7.49. The molecule has 0 spiro atoms. The monoisotopic (exact) mass is 418 g/mol. The number of carbonyl (C=O) groups excluding carboxylic acids is 1. The predicted molar refractivity (Wildman–Crippen MR) is 98.6 cm³/mol. The van der Waals surface area contributed by atoms with E-state index in [4.69, 9.17) is 18.9 Å². The molecule has 1 aliphatic rings. The van der Waals surface area contributed by atoms with Crippen molar-refractivity contribution in [3.8, 4) is 17.2 Å². The second-order valence-corrected chi connectivity index (χ2v) is 6.09. The van der Waals surface area contributed by atoms with E-state index in [1.165, 1.54) is 21.3 Å². The Balaban J connectivity index is 2.03. The third kappa shape index (κ3) is 3.55. The van der Waals surface area contributed by atoms with Gasteiger partial charge in [0.15, 0.2) is 17.2 Å². The number of rotatable bonds is 5. The Morgan fingerprint density at radius 2 is 1.69 bits per heavy atom. The van der Waals surface area contributed by atoms with E-state index in [1.807, 2.05) is 0 Å². The van der Waals surface area contributed by atoms with Crippen molar-refractivity contribution in [2.45, 2.75) is 0 Å². The third-order valence-electron chi connectivity index (χ3n) is 3.60. The number of ether oxygens (including phenoxy) is 4. The van der Waals surface area contributed by atoms with Crippen LogP contribution in [0, 0.1) is 0 Å². The maximum atomic E-state index is 12.2. The van der Waals surface area contributed by atoms with Crippen LogP contribution in [0.25, 0.3) is 6.08 Å². The number of aliphatic imine (C=N–C) groups is 1. The van der Waals surface area contributed by atoms with Crippen molar-refractivity contribution >= 4 is 33.9 Å². The van der Waals surface area contributed by atoms with Gasteiger partial charge in [0.05, 0.1) is 26.9 Å². The van der Waals surface area contributed by atoms with E-state index >= 15 is 0 Å². The van der Waals surface area contributed by atoms with Gasteiger partial charge < -0.3 is 18.9 Å². The van der Waals surface area contributed by atoms with Gasteiger partial charge in [-0.05, 0) is 34.1 Å². The topological polar surface area (TPSA) is 79.2 Å². The first kappa shape index (κ1) is 17.9. The van der Waals surface area contributed by atoms with E-state index in [0.29, 0.717) is 28.4 Å². The molecular weight excluding hydrogens is 404 g/mol. The lowest BCUT2D eigenvalue weighted by molar-refractivity contribution is -0.129. The zero-order valence-corrected chi connectivity index (χ0v) is 15.9. The highest BCUT2D eigenvalue weighted by molar-refractivity contribution is 9.10. The summed E-state index contributed by atoms with van der Waals surface area (Å²) >= 11 is 3.33. The molecule has 0 saturated carbocycles. The molecule has 0 fully saturated rings. The molecule has 0 aliphatic carbocycles. The Kier molecular flexibility index (Phi) is 5.22. The molecule has 1 aromatic heterocycles. The number of cyclic esters (lactones) is 1. The van der Waals surface area contributed by atoms with Gasteiger partial charge in [0.1, 0.15) is 5.75 Å². The highest BCUT2D eigenvalue weighted by Gasteiger charge is 2.25. The summed E-state index contributed by atoms with van der Waals surface area (Å²) in [6.45, 7) is 0. The van der Waals surface area contributed by atoms with Crippen LogP contribution in [0.3, 0.4) is 0 Å². The summed E-state index contributed by atoms with van der Waals surface area (Å²) in [5, 5.41) is 0. The van der Waals surface area contributed by atoms with Crippen molar-refractivity contribution in [1.82, 2.24) is 4.98 Å². The van der Waals surface area contributed by atoms with Crippen LogP contribution in [0.15, 0.2) is 45.8 Å². The molecule has 1 aliphatic heterocycles. The van der Waals surface area contributed by atoms with Crippen molar-refractivity contribution in [2.75, 3.05) is 21.3 Å². The normalized spacial score (nSPS) is 14.8. The minimum absolute atomic E-state index is 0.144. The Morgan fingerprint density at radius 1 is 1.00 bits per heavy atom. The SMILES string of the molecule is COc1cc(OC)c(OC)cc1C=C1N=C(c2cncc(Br)c2)OC1=O. The van der Waals surface area contributed by atoms with Gasteiger partial charge in [-0.2, -0.15) is 0 Å². The van der Waals surface area contributed by atoms with Crippen LogP contribution in [0.4, 0.5) is 0 Å². The van der Waals surface area contributed by atoms with Gasteiger partial charge in [-0.3, -0.25) is 4.98 Å². The fourth-order valence-corrected chi connectivity index (χ4v) is 2.74. The van der Waals surface area contributed by atoms with E-state index < -0.39 is 5.97 Å². The lowest BCUT2D eigenvalue weighted by atomic mass is 10.1. The van der Waals surface area contributed by atoms with Gasteiger partial charge >= 0.3 is 5.97 Å². The molecule has 0 radical (unpaired) electrons. The quantitative estimate of drug-likeness (QED) is 0.547. The molecule has 0 atom stereocenters. The van der Waals surface area contributed by atoms with Crippen LogP contribution in [-0.2, 0) is 9.53 Å². The van der Waals surface area contributed by atoms with Crippen molar-refractivity contribution in [1.29, 1.82) is 0 Å². The molecule has 0 bridgehead atoms. The highest BCUT2D eigenvalue weighted by atomic mass is 79.9. The van der Waals surface area contributed by atoms with Crippen LogP contribution < -0.4 is 14.2 Å². The minimum atomic E-state index is -0.559. The van der Waals surface area contributed by atoms with E-state index in [-0.39, 0.29) is 11.6 Å². The van der Waals surface area contributed by atoms with E-state index in [9.17, 15) is 4.79 Å². The smallest absolute Gasteiger partial charge is 0.363 e. The van der Waals surface area contributed by atoms with Crippen LogP contribution in [0.1, 0.15) is 11.1 Å². The maximum Gasteiger partial charge on any atom is 0.363 e. The van der Waals surface area contributed by atoms with Crippen molar-refractivity contribution < 1.29 is 23.7 Å². The van der Waals surface area contributed by atoms with Crippen molar-refractivity contribution in [3.05, 3.63) is 51.9 Å². The standard InChI is InChI=1S/C18H15BrN2O5/c1-23-14-7-16(25-3)15(24-2)6-10(14)5-13-18(22)26-17(21-13)11-4-12(19)9-20-8-11/h4-9H,1-3H3. The van der Waals surface area contributed by atoms with Crippen molar-refractivity contribution in [3.63, 3.8) is 0 Å². The summed E-state index contributed by atoms with van der Waals surface area (Å²) in [5.41, 5.74) is 1.34. The maximum absolute atomic E-state index is 12.2. The Hall–Kier alpha value is -2.87. The largest absolute Gasteiger partial charge is 0.496 e. The second kappa shape index (κ2) is 7.57. The zero-order valence-electron chi connectivity index (χ0n) is 14.3. The number of esters is 1. The molecule has 3 rings (SSSR count). The molecule has 8 heteroatoms. The first-order valence-corrected chi connectivity index (χ1v) is 8.28. The van der Waals surface area contributed by atoms with Gasteiger partial charge in [0, 0.05) is 28.5 Å². The average molecular weight is 419 g/mol. The van der Waals surface area contributed by atoms with E-state index in [2.05, 4.69) is 25.9 Å².